The maximum Gasteiger partial charge on any atom is 0.229 e. The summed E-state index contributed by atoms with van der Waals surface area (Å²) in [7, 11) is 0. The van der Waals surface area contributed by atoms with Crippen LogP contribution >= 0.6 is 0 Å². The third-order valence-corrected chi connectivity index (χ3v) is 5.76. The molecule has 32 heavy (non-hydrogen) atoms. The van der Waals surface area contributed by atoms with Crippen LogP contribution in [-0.4, -0.2) is 34.2 Å². The number of hydrogen-bond donors (Lipinski definition) is 1. The summed E-state index contributed by atoms with van der Waals surface area (Å²) < 4.78 is 13.1. The van der Waals surface area contributed by atoms with E-state index in [0.29, 0.717) is 17.9 Å². The second kappa shape index (κ2) is 8.70. The Kier molecular flexibility index (Phi) is 5.46. The van der Waals surface area contributed by atoms with Crippen molar-refractivity contribution >= 4 is 28.3 Å². The van der Waals surface area contributed by atoms with E-state index in [0.717, 1.165) is 41.7 Å². The van der Waals surface area contributed by atoms with Gasteiger partial charge in [-0.05, 0) is 61.4 Å². The van der Waals surface area contributed by atoms with Gasteiger partial charge in [0.2, 0.25) is 5.91 Å². The molecule has 3 heterocycles. The van der Waals surface area contributed by atoms with Crippen molar-refractivity contribution in [2.45, 2.75) is 12.8 Å². The van der Waals surface area contributed by atoms with Crippen LogP contribution in [0.3, 0.4) is 0 Å². The van der Waals surface area contributed by atoms with Crippen molar-refractivity contribution in [1.82, 2.24) is 15.2 Å². The van der Waals surface area contributed by atoms with Crippen LogP contribution in [0.25, 0.3) is 22.2 Å². The molecule has 1 unspecified atom stereocenters. The summed E-state index contributed by atoms with van der Waals surface area (Å²) in [6.07, 6.45) is 3.42. The van der Waals surface area contributed by atoms with Crippen molar-refractivity contribution in [2.75, 3.05) is 23.3 Å². The molecule has 4 aromatic rings. The molecule has 1 saturated heterocycles. The van der Waals surface area contributed by atoms with Crippen molar-refractivity contribution in [3.05, 3.63) is 78.7 Å². The van der Waals surface area contributed by atoms with Gasteiger partial charge in [-0.2, -0.15) is 0 Å². The number of nitrogens with one attached hydrogen (secondary N) is 1. The number of nitrogens with zero attached hydrogens (tertiary/aromatic N) is 4. The van der Waals surface area contributed by atoms with Crippen molar-refractivity contribution in [3.8, 4) is 11.3 Å². The first-order valence-corrected chi connectivity index (χ1v) is 10.7. The lowest BCUT2D eigenvalue weighted by atomic mass is 9.97. The number of para-hydroxylation sites is 1. The number of pyridine rings is 1. The first-order chi connectivity index (χ1) is 15.7. The Bertz CT molecular complexity index is 1240. The third-order valence-electron chi connectivity index (χ3n) is 5.76. The Labute approximate surface area is 185 Å². The Hall–Kier alpha value is -3.87. The number of anilines is 2. The maximum atomic E-state index is 13.1. The fourth-order valence-electron chi connectivity index (χ4n) is 4.05. The average Bonchev–Trinajstić information content (AvgIpc) is 2.85. The van der Waals surface area contributed by atoms with Crippen LogP contribution < -0.4 is 10.2 Å². The number of carbonyl (C=O) groups is 1. The van der Waals surface area contributed by atoms with Gasteiger partial charge < -0.3 is 10.2 Å². The molecule has 160 valence electrons. The zero-order valence-electron chi connectivity index (χ0n) is 17.4. The number of hydrogen-bond acceptors (Lipinski definition) is 5. The molecule has 1 aliphatic heterocycles. The summed E-state index contributed by atoms with van der Waals surface area (Å²) in [5, 5.41) is 12.7. The van der Waals surface area contributed by atoms with E-state index < -0.39 is 0 Å². The molecule has 1 fully saturated rings. The monoisotopic (exact) mass is 427 g/mol. The molecule has 0 aliphatic carbocycles. The zero-order chi connectivity index (χ0) is 21.9. The standard InChI is InChI=1S/C25H22FN5O/c26-20-9-7-17(8-10-20)23-11-12-24(30-29-23)31-13-3-5-19(16-31)25(32)28-21-14-18-4-1-2-6-22(18)27-15-21/h1-2,4,6-12,14-15,19H,3,5,13,16H2,(H,28,32). The quantitative estimate of drug-likeness (QED) is 0.512. The average molecular weight is 427 g/mol. The summed E-state index contributed by atoms with van der Waals surface area (Å²) in [6.45, 7) is 1.41. The molecule has 0 bridgehead atoms. The molecule has 2 aromatic heterocycles. The maximum absolute atomic E-state index is 13.1. The van der Waals surface area contributed by atoms with Crippen LogP contribution in [0.15, 0.2) is 72.9 Å². The molecule has 6 nitrogen and oxygen atoms in total. The van der Waals surface area contributed by atoms with Crippen molar-refractivity contribution in [2.24, 2.45) is 5.92 Å². The molecule has 0 spiro atoms. The van der Waals surface area contributed by atoms with Gasteiger partial charge in [-0.15, -0.1) is 10.2 Å². The summed E-state index contributed by atoms with van der Waals surface area (Å²) in [4.78, 5) is 19.4. The van der Waals surface area contributed by atoms with Gasteiger partial charge in [0, 0.05) is 24.0 Å². The molecule has 0 radical (unpaired) electrons. The van der Waals surface area contributed by atoms with E-state index in [4.69, 9.17) is 0 Å². The van der Waals surface area contributed by atoms with Crippen molar-refractivity contribution in [3.63, 3.8) is 0 Å². The van der Waals surface area contributed by atoms with Gasteiger partial charge in [0.25, 0.3) is 0 Å². The van der Waals surface area contributed by atoms with Gasteiger partial charge in [0.1, 0.15) is 5.82 Å². The fourth-order valence-corrected chi connectivity index (χ4v) is 4.05. The molecule has 5 rings (SSSR count). The first-order valence-electron chi connectivity index (χ1n) is 10.7. The fraction of sp³-hybridized carbons (Fsp3) is 0.200. The minimum atomic E-state index is -0.282. The van der Waals surface area contributed by atoms with Gasteiger partial charge in [-0.3, -0.25) is 9.78 Å². The van der Waals surface area contributed by atoms with Crippen molar-refractivity contribution < 1.29 is 9.18 Å². The molecule has 1 aliphatic rings. The number of halogens is 1. The van der Waals surface area contributed by atoms with Gasteiger partial charge in [0.05, 0.1) is 29.0 Å². The Morgan fingerprint density at radius 1 is 1.03 bits per heavy atom. The summed E-state index contributed by atoms with van der Waals surface area (Å²) in [5.74, 6) is 0.299. The molecule has 1 amide bonds. The molecule has 1 N–H and O–H groups in total. The van der Waals surface area contributed by atoms with E-state index in [9.17, 15) is 9.18 Å². The SMILES string of the molecule is O=C(Nc1cnc2ccccc2c1)C1CCCN(c2ccc(-c3ccc(F)cc3)nn2)C1. The minimum Gasteiger partial charge on any atom is -0.354 e. The number of aromatic nitrogens is 3. The Morgan fingerprint density at radius 3 is 2.69 bits per heavy atom. The number of carbonyl (C=O) groups excluding carboxylic acids is 1. The number of fused-ring (bicyclic) bond motifs is 1. The lowest BCUT2D eigenvalue weighted by molar-refractivity contribution is -0.120. The summed E-state index contributed by atoms with van der Waals surface area (Å²) in [6, 6.07) is 19.7. The normalized spacial score (nSPS) is 16.2. The number of rotatable bonds is 4. The van der Waals surface area contributed by atoms with Gasteiger partial charge in [-0.1, -0.05) is 18.2 Å². The number of piperidine rings is 1. The molecule has 7 heteroatoms. The number of amides is 1. The van der Waals surface area contributed by atoms with Gasteiger partial charge >= 0.3 is 0 Å². The molecular formula is C25H22FN5O. The van der Waals surface area contributed by atoms with E-state index in [1.165, 1.54) is 12.1 Å². The topological polar surface area (TPSA) is 71.0 Å². The lowest BCUT2D eigenvalue weighted by Crippen LogP contribution is -2.41. The van der Waals surface area contributed by atoms with E-state index in [2.05, 4.69) is 25.4 Å². The smallest absolute Gasteiger partial charge is 0.229 e. The van der Waals surface area contributed by atoms with Crippen LogP contribution in [-0.2, 0) is 4.79 Å². The van der Waals surface area contributed by atoms with Crippen LogP contribution in [0.2, 0.25) is 0 Å². The highest BCUT2D eigenvalue weighted by atomic mass is 19.1. The highest BCUT2D eigenvalue weighted by molar-refractivity contribution is 5.95. The van der Waals surface area contributed by atoms with Crippen LogP contribution in [0.4, 0.5) is 15.9 Å². The molecule has 1 atom stereocenters. The minimum absolute atomic E-state index is 0.0114. The largest absolute Gasteiger partial charge is 0.354 e. The molecular weight excluding hydrogens is 405 g/mol. The summed E-state index contributed by atoms with van der Waals surface area (Å²) >= 11 is 0. The zero-order valence-corrected chi connectivity index (χ0v) is 17.4. The van der Waals surface area contributed by atoms with Crippen molar-refractivity contribution in [1.29, 1.82) is 0 Å². The van der Waals surface area contributed by atoms with Gasteiger partial charge in [0.15, 0.2) is 5.82 Å². The van der Waals surface area contributed by atoms with E-state index in [1.807, 2.05) is 42.5 Å². The predicted octanol–water partition coefficient (Wildman–Crippen LogP) is 4.69. The van der Waals surface area contributed by atoms with Gasteiger partial charge in [-0.25, -0.2) is 4.39 Å². The first kappa shape index (κ1) is 20.1. The summed E-state index contributed by atoms with van der Waals surface area (Å²) in [5.41, 5.74) is 3.10. The second-order valence-corrected chi connectivity index (χ2v) is 7.97. The van der Waals surface area contributed by atoms with Crippen LogP contribution in [0, 0.1) is 11.7 Å². The third kappa shape index (κ3) is 4.27. The number of benzene rings is 2. The Morgan fingerprint density at radius 2 is 1.88 bits per heavy atom. The lowest BCUT2D eigenvalue weighted by Gasteiger charge is -2.32. The highest BCUT2D eigenvalue weighted by Crippen LogP contribution is 2.25. The second-order valence-electron chi connectivity index (χ2n) is 7.97. The molecule has 0 saturated carbocycles. The highest BCUT2D eigenvalue weighted by Gasteiger charge is 2.27. The predicted molar refractivity (Wildman–Crippen MR) is 123 cm³/mol. The van der Waals surface area contributed by atoms with Crippen LogP contribution in [0.1, 0.15) is 12.8 Å². The van der Waals surface area contributed by atoms with E-state index in [-0.39, 0.29) is 17.6 Å². The van der Waals surface area contributed by atoms with Crippen LogP contribution in [0.5, 0.6) is 0 Å². The van der Waals surface area contributed by atoms with E-state index in [1.54, 1.807) is 18.3 Å². The molecule has 2 aromatic carbocycles. The van der Waals surface area contributed by atoms with E-state index >= 15 is 0 Å². The Balaban J connectivity index is 1.26.